The van der Waals surface area contributed by atoms with Crippen molar-refractivity contribution in [3.05, 3.63) is 0 Å². The molecular formula is C5H9NOS. The van der Waals surface area contributed by atoms with Gasteiger partial charge in [0.15, 0.2) is 0 Å². The number of hydrogen-bond donors (Lipinski definition) is 1. The zero-order valence-electron chi connectivity index (χ0n) is 4.54. The summed E-state index contributed by atoms with van der Waals surface area (Å²) in [6.07, 6.45) is 1.85. The van der Waals surface area contributed by atoms with Crippen molar-refractivity contribution in [1.29, 1.82) is 0 Å². The van der Waals surface area contributed by atoms with Gasteiger partial charge in [0.25, 0.3) is 0 Å². The molecule has 0 radical (unpaired) electrons. The van der Waals surface area contributed by atoms with Crippen molar-refractivity contribution in [3.8, 4) is 0 Å². The van der Waals surface area contributed by atoms with Crippen molar-refractivity contribution >= 4 is 18.0 Å². The summed E-state index contributed by atoms with van der Waals surface area (Å²) < 4.78 is 0. The van der Waals surface area contributed by atoms with Crippen LogP contribution in [0.4, 0.5) is 0 Å². The van der Waals surface area contributed by atoms with Gasteiger partial charge in [-0.25, -0.2) is 0 Å². The van der Waals surface area contributed by atoms with E-state index in [1.54, 1.807) is 11.8 Å². The highest BCUT2D eigenvalue weighted by Crippen LogP contribution is 2.23. The summed E-state index contributed by atoms with van der Waals surface area (Å²) in [5.74, 6) is 0.948. The minimum atomic E-state index is 0.185. The lowest BCUT2D eigenvalue weighted by atomic mass is 10.2. The van der Waals surface area contributed by atoms with Crippen LogP contribution in [0.3, 0.4) is 0 Å². The van der Waals surface area contributed by atoms with Gasteiger partial charge in [0.1, 0.15) is 6.29 Å². The molecule has 0 bridgehead atoms. The number of rotatable bonds is 1. The number of carbonyl (C=O) groups is 1. The Morgan fingerprint density at radius 1 is 1.75 bits per heavy atom. The first-order chi connectivity index (χ1) is 3.83. The minimum absolute atomic E-state index is 0.185. The third-order valence-electron chi connectivity index (χ3n) is 1.21. The third kappa shape index (κ3) is 1.23. The van der Waals surface area contributed by atoms with Crippen LogP contribution in [0.15, 0.2) is 0 Å². The molecule has 1 unspecified atom stereocenters. The van der Waals surface area contributed by atoms with Crippen LogP contribution in [0.1, 0.15) is 6.42 Å². The summed E-state index contributed by atoms with van der Waals surface area (Å²) in [7, 11) is 0. The molecule has 1 rings (SSSR count). The van der Waals surface area contributed by atoms with Crippen LogP contribution in [-0.2, 0) is 4.79 Å². The van der Waals surface area contributed by atoms with E-state index in [1.807, 2.05) is 0 Å². The summed E-state index contributed by atoms with van der Waals surface area (Å²) in [4.78, 5) is 10.1. The average molecular weight is 131 g/mol. The second kappa shape index (κ2) is 2.51. The van der Waals surface area contributed by atoms with Gasteiger partial charge in [0.05, 0.1) is 5.25 Å². The maximum atomic E-state index is 10.1. The molecule has 0 saturated carbocycles. The predicted octanol–water partition coefficient (Wildman–Crippen LogP) is 0.0181. The van der Waals surface area contributed by atoms with Crippen LogP contribution in [0.25, 0.3) is 0 Å². The molecule has 0 aromatic rings. The van der Waals surface area contributed by atoms with E-state index in [0.29, 0.717) is 0 Å². The zero-order valence-corrected chi connectivity index (χ0v) is 5.36. The van der Waals surface area contributed by atoms with E-state index in [2.05, 4.69) is 0 Å². The molecule has 0 spiro atoms. The number of aldehydes is 1. The Hall–Kier alpha value is -0.0200. The Balaban J connectivity index is 2.32. The Kier molecular flexibility index (Phi) is 1.91. The van der Waals surface area contributed by atoms with Crippen LogP contribution in [-0.4, -0.2) is 23.3 Å². The highest BCUT2D eigenvalue weighted by atomic mass is 32.2. The lowest BCUT2D eigenvalue weighted by Crippen LogP contribution is -2.19. The van der Waals surface area contributed by atoms with Crippen molar-refractivity contribution in [1.82, 2.24) is 0 Å². The smallest absolute Gasteiger partial charge is 0.133 e. The lowest BCUT2D eigenvalue weighted by molar-refractivity contribution is -0.107. The fourth-order valence-electron chi connectivity index (χ4n) is 0.777. The molecule has 1 heterocycles. The monoisotopic (exact) mass is 131 g/mol. The van der Waals surface area contributed by atoms with Crippen LogP contribution >= 0.6 is 11.8 Å². The summed E-state index contributed by atoms with van der Waals surface area (Å²) in [5.41, 5.74) is 5.52. The maximum Gasteiger partial charge on any atom is 0.133 e. The second-order valence-corrected chi connectivity index (χ2v) is 3.28. The molecule has 2 atom stereocenters. The molecule has 0 amide bonds. The molecule has 1 aliphatic heterocycles. The molecule has 46 valence electrons. The van der Waals surface area contributed by atoms with E-state index in [4.69, 9.17) is 5.73 Å². The van der Waals surface area contributed by atoms with Crippen molar-refractivity contribution in [2.45, 2.75) is 17.7 Å². The van der Waals surface area contributed by atoms with E-state index in [9.17, 15) is 4.79 Å². The fourth-order valence-corrected chi connectivity index (χ4v) is 1.87. The summed E-state index contributed by atoms with van der Waals surface area (Å²) in [6, 6.07) is 0.259. The van der Waals surface area contributed by atoms with E-state index in [1.165, 1.54) is 0 Å². The lowest BCUT2D eigenvalue weighted by Gasteiger charge is -1.94. The quantitative estimate of drug-likeness (QED) is 0.510. The molecule has 1 aliphatic rings. The molecule has 1 fully saturated rings. The second-order valence-electron chi connectivity index (χ2n) is 2.00. The molecule has 1 saturated heterocycles. The van der Waals surface area contributed by atoms with Gasteiger partial charge in [-0.15, -0.1) is 11.8 Å². The number of carbonyl (C=O) groups excluding carboxylic acids is 1. The van der Waals surface area contributed by atoms with Gasteiger partial charge < -0.3 is 10.5 Å². The van der Waals surface area contributed by atoms with Crippen molar-refractivity contribution < 1.29 is 4.79 Å². The molecule has 8 heavy (non-hydrogen) atoms. The van der Waals surface area contributed by atoms with Crippen molar-refractivity contribution in [2.24, 2.45) is 5.73 Å². The topological polar surface area (TPSA) is 43.1 Å². The summed E-state index contributed by atoms with van der Waals surface area (Å²) in [6.45, 7) is 0. The van der Waals surface area contributed by atoms with E-state index < -0.39 is 0 Å². The molecule has 2 N–H and O–H groups in total. The number of nitrogens with two attached hydrogens (primary N) is 1. The molecule has 3 heteroatoms. The Morgan fingerprint density at radius 2 is 2.50 bits per heavy atom. The first-order valence-electron chi connectivity index (χ1n) is 2.65. The first kappa shape index (κ1) is 6.11. The highest BCUT2D eigenvalue weighted by molar-refractivity contribution is 8.00. The van der Waals surface area contributed by atoms with Gasteiger partial charge in [-0.3, -0.25) is 0 Å². The van der Waals surface area contributed by atoms with Crippen LogP contribution in [0, 0.1) is 0 Å². The third-order valence-corrected chi connectivity index (χ3v) is 2.56. The van der Waals surface area contributed by atoms with Crippen LogP contribution < -0.4 is 5.73 Å². The molecule has 2 nitrogen and oxygen atoms in total. The SMILES string of the molecule is N[C@@H]1CSC(C=O)C1. The number of hydrogen-bond acceptors (Lipinski definition) is 3. The maximum absolute atomic E-state index is 10.1. The largest absolute Gasteiger partial charge is 0.327 e. The molecule has 0 aromatic carbocycles. The summed E-state index contributed by atoms with van der Waals surface area (Å²) >= 11 is 1.66. The number of thioether (sulfide) groups is 1. The van der Waals surface area contributed by atoms with Gasteiger partial charge in [-0.05, 0) is 6.42 Å². The van der Waals surface area contributed by atoms with E-state index >= 15 is 0 Å². The fraction of sp³-hybridized carbons (Fsp3) is 0.800. The zero-order chi connectivity index (χ0) is 5.98. The van der Waals surface area contributed by atoms with Crippen molar-refractivity contribution in [2.75, 3.05) is 5.75 Å². The van der Waals surface area contributed by atoms with Gasteiger partial charge in [0, 0.05) is 11.8 Å². The normalized spacial score (nSPS) is 37.6. The Morgan fingerprint density at radius 3 is 2.75 bits per heavy atom. The first-order valence-corrected chi connectivity index (χ1v) is 3.70. The average Bonchev–Trinajstić information content (AvgIpc) is 2.14. The Labute approximate surface area is 52.8 Å². The Bertz CT molecular complexity index is 96.4. The summed E-state index contributed by atoms with van der Waals surface area (Å²) in [5, 5.41) is 0.185. The highest BCUT2D eigenvalue weighted by Gasteiger charge is 2.20. The van der Waals surface area contributed by atoms with E-state index in [0.717, 1.165) is 18.5 Å². The van der Waals surface area contributed by atoms with Crippen LogP contribution in [0.2, 0.25) is 0 Å². The van der Waals surface area contributed by atoms with Crippen molar-refractivity contribution in [3.63, 3.8) is 0 Å². The van der Waals surface area contributed by atoms with E-state index in [-0.39, 0.29) is 11.3 Å². The van der Waals surface area contributed by atoms with Gasteiger partial charge in [0.2, 0.25) is 0 Å². The minimum Gasteiger partial charge on any atom is -0.327 e. The van der Waals surface area contributed by atoms with Gasteiger partial charge in [-0.2, -0.15) is 0 Å². The van der Waals surface area contributed by atoms with Gasteiger partial charge in [-0.1, -0.05) is 0 Å². The molecular weight excluding hydrogens is 122 g/mol. The molecule has 0 aliphatic carbocycles. The molecule has 0 aromatic heterocycles. The van der Waals surface area contributed by atoms with Crippen LogP contribution in [0.5, 0.6) is 0 Å². The predicted molar refractivity (Wildman–Crippen MR) is 34.9 cm³/mol. The standard InChI is InChI=1S/C5H9NOS/c6-4-1-5(2-7)8-3-4/h2,4-5H,1,3,6H2/t4-,5?/m0/s1. The van der Waals surface area contributed by atoms with Gasteiger partial charge >= 0.3 is 0 Å².